The summed E-state index contributed by atoms with van der Waals surface area (Å²) in [5.74, 6) is 0.690. The van der Waals surface area contributed by atoms with Crippen LogP contribution in [0.15, 0.2) is 30.3 Å². The molecule has 0 amide bonds. The molecule has 20 heavy (non-hydrogen) atoms. The summed E-state index contributed by atoms with van der Waals surface area (Å²) in [5.41, 5.74) is 7.17. The monoisotopic (exact) mass is 275 g/mol. The number of nitrogens with zero attached hydrogens (tertiary/aromatic N) is 1. The molecule has 0 aliphatic heterocycles. The highest BCUT2D eigenvalue weighted by molar-refractivity contribution is 5.44. The first-order valence-electron chi connectivity index (χ1n) is 8.01. The zero-order chi connectivity index (χ0) is 14.2. The van der Waals surface area contributed by atoms with Gasteiger partial charge in [0.15, 0.2) is 0 Å². The van der Waals surface area contributed by atoms with Crippen molar-refractivity contribution < 1.29 is 0 Å². The lowest BCUT2D eigenvalue weighted by Gasteiger charge is -2.31. The first-order valence-corrected chi connectivity index (χ1v) is 8.01. The molecule has 1 aliphatic carbocycles. The minimum Gasteiger partial charge on any atom is -0.375 e. The maximum atomic E-state index is 5.87. The predicted molar refractivity (Wildman–Crippen MR) is 87.1 cm³/mol. The highest BCUT2D eigenvalue weighted by atomic mass is 15.1. The van der Waals surface area contributed by atoms with E-state index in [4.69, 9.17) is 5.73 Å². The number of hydrogen-bond donors (Lipinski definition) is 2. The zero-order valence-corrected chi connectivity index (χ0v) is 12.7. The molecule has 2 atom stereocenters. The third-order valence-corrected chi connectivity index (χ3v) is 4.49. The average Bonchev–Trinajstić information content (AvgIpc) is 2.52. The summed E-state index contributed by atoms with van der Waals surface area (Å²) in [4.78, 5) is 2.32. The summed E-state index contributed by atoms with van der Waals surface area (Å²) in [6.45, 7) is 3.02. The second kappa shape index (κ2) is 8.28. The first kappa shape index (κ1) is 15.3. The van der Waals surface area contributed by atoms with E-state index in [-0.39, 0.29) is 0 Å². The van der Waals surface area contributed by atoms with E-state index in [1.165, 1.54) is 37.8 Å². The lowest BCUT2D eigenvalue weighted by Crippen LogP contribution is -2.42. The van der Waals surface area contributed by atoms with Crippen molar-refractivity contribution in [3.8, 4) is 0 Å². The fraction of sp³-hybridized carbons (Fsp3) is 0.647. The van der Waals surface area contributed by atoms with E-state index in [0.29, 0.717) is 12.0 Å². The van der Waals surface area contributed by atoms with Crippen LogP contribution < -0.4 is 16.0 Å². The molecule has 112 valence electrons. The summed E-state index contributed by atoms with van der Waals surface area (Å²) in [7, 11) is 2.17. The molecule has 1 aliphatic rings. The molecule has 1 aromatic rings. The van der Waals surface area contributed by atoms with Crippen molar-refractivity contribution >= 4 is 5.69 Å². The SMILES string of the molecule is CN(CCCNC1CCCCC1CN)c1ccccc1. The quantitative estimate of drug-likeness (QED) is 0.752. The van der Waals surface area contributed by atoms with Crippen molar-refractivity contribution in [2.24, 2.45) is 11.7 Å². The third-order valence-electron chi connectivity index (χ3n) is 4.49. The Morgan fingerprint density at radius 2 is 1.95 bits per heavy atom. The Morgan fingerprint density at radius 1 is 1.20 bits per heavy atom. The van der Waals surface area contributed by atoms with Gasteiger partial charge in [-0.3, -0.25) is 0 Å². The van der Waals surface area contributed by atoms with Gasteiger partial charge in [0, 0.05) is 25.3 Å². The van der Waals surface area contributed by atoms with Gasteiger partial charge in [-0.1, -0.05) is 31.0 Å². The normalized spacial score (nSPS) is 22.7. The molecule has 1 saturated carbocycles. The van der Waals surface area contributed by atoms with Gasteiger partial charge in [-0.15, -0.1) is 0 Å². The number of nitrogens with two attached hydrogens (primary N) is 1. The molecule has 2 rings (SSSR count). The van der Waals surface area contributed by atoms with Crippen LogP contribution in [0, 0.1) is 5.92 Å². The van der Waals surface area contributed by atoms with E-state index >= 15 is 0 Å². The first-order chi connectivity index (χ1) is 9.81. The highest BCUT2D eigenvalue weighted by Gasteiger charge is 2.22. The maximum absolute atomic E-state index is 5.87. The van der Waals surface area contributed by atoms with Crippen LogP contribution in [0.4, 0.5) is 5.69 Å². The van der Waals surface area contributed by atoms with Crippen molar-refractivity contribution in [3.05, 3.63) is 30.3 Å². The Labute approximate surface area is 123 Å². The fourth-order valence-corrected chi connectivity index (χ4v) is 3.17. The molecule has 1 fully saturated rings. The second-order valence-corrected chi connectivity index (χ2v) is 5.95. The zero-order valence-electron chi connectivity index (χ0n) is 12.7. The van der Waals surface area contributed by atoms with Gasteiger partial charge in [0.05, 0.1) is 0 Å². The second-order valence-electron chi connectivity index (χ2n) is 5.95. The van der Waals surface area contributed by atoms with Crippen molar-refractivity contribution in [3.63, 3.8) is 0 Å². The van der Waals surface area contributed by atoms with Crippen LogP contribution in [-0.4, -0.2) is 32.7 Å². The van der Waals surface area contributed by atoms with Crippen LogP contribution in [-0.2, 0) is 0 Å². The Kier molecular flexibility index (Phi) is 6.34. The van der Waals surface area contributed by atoms with Crippen LogP contribution in [0.25, 0.3) is 0 Å². The van der Waals surface area contributed by atoms with E-state index < -0.39 is 0 Å². The molecular weight excluding hydrogens is 246 g/mol. The van der Waals surface area contributed by atoms with E-state index in [1.54, 1.807) is 0 Å². The molecule has 3 nitrogen and oxygen atoms in total. The molecule has 3 N–H and O–H groups in total. The van der Waals surface area contributed by atoms with Crippen LogP contribution >= 0.6 is 0 Å². The third kappa shape index (κ3) is 4.50. The fourth-order valence-electron chi connectivity index (χ4n) is 3.17. The number of benzene rings is 1. The average molecular weight is 275 g/mol. The summed E-state index contributed by atoms with van der Waals surface area (Å²) in [6.07, 6.45) is 6.50. The van der Waals surface area contributed by atoms with Gasteiger partial charge in [0.25, 0.3) is 0 Å². The minimum atomic E-state index is 0.649. The van der Waals surface area contributed by atoms with Gasteiger partial charge in [-0.2, -0.15) is 0 Å². The summed E-state index contributed by atoms with van der Waals surface area (Å²) in [5, 5.41) is 3.72. The van der Waals surface area contributed by atoms with Gasteiger partial charge in [-0.25, -0.2) is 0 Å². The summed E-state index contributed by atoms with van der Waals surface area (Å²) in [6, 6.07) is 11.2. The number of nitrogens with one attached hydrogen (secondary N) is 1. The highest BCUT2D eigenvalue weighted by Crippen LogP contribution is 2.23. The molecule has 0 saturated heterocycles. The Morgan fingerprint density at radius 3 is 2.70 bits per heavy atom. The molecular formula is C17H29N3. The van der Waals surface area contributed by atoms with Crippen molar-refractivity contribution in [1.82, 2.24) is 5.32 Å². The lowest BCUT2D eigenvalue weighted by atomic mass is 9.84. The summed E-state index contributed by atoms with van der Waals surface area (Å²) < 4.78 is 0. The van der Waals surface area contributed by atoms with Crippen LogP contribution in [0.2, 0.25) is 0 Å². The van der Waals surface area contributed by atoms with E-state index in [2.05, 4.69) is 47.6 Å². The largest absolute Gasteiger partial charge is 0.375 e. The minimum absolute atomic E-state index is 0.649. The van der Waals surface area contributed by atoms with Crippen LogP contribution in [0.1, 0.15) is 32.1 Å². The van der Waals surface area contributed by atoms with Crippen LogP contribution in [0.3, 0.4) is 0 Å². The number of anilines is 1. The molecule has 1 aromatic carbocycles. The molecule has 0 bridgehead atoms. The Hall–Kier alpha value is -1.06. The molecule has 0 aromatic heterocycles. The predicted octanol–water partition coefficient (Wildman–Crippen LogP) is 2.62. The Balaban J connectivity index is 1.66. The summed E-state index contributed by atoms with van der Waals surface area (Å²) >= 11 is 0. The molecule has 3 heteroatoms. The number of hydrogen-bond acceptors (Lipinski definition) is 3. The van der Waals surface area contributed by atoms with Gasteiger partial charge in [-0.05, 0) is 50.4 Å². The van der Waals surface area contributed by atoms with Gasteiger partial charge >= 0.3 is 0 Å². The maximum Gasteiger partial charge on any atom is 0.0363 e. The van der Waals surface area contributed by atoms with Crippen molar-refractivity contribution in [1.29, 1.82) is 0 Å². The smallest absolute Gasteiger partial charge is 0.0363 e. The molecule has 0 radical (unpaired) electrons. The lowest BCUT2D eigenvalue weighted by molar-refractivity contribution is 0.268. The van der Waals surface area contributed by atoms with Gasteiger partial charge in [0.1, 0.15) is 0 Å². The van der Waals surface area contributed by atoms with E-state index in [9.17, 15) is 0 Å². The molecule has 0 spiro atoms. The molecule has 0 heterocycles. The van der Waals surface area contributed by atoms with Crippen LogP contribution in [0.5, 0.6) is 0 Å². The number of para-hydroxylation sites is 1. The van der Waals surface area contributed by atoms with Gasteiger partial charge in [0.2, 0.25) is 0 Å². The standard InChI is InChI=1S/C17H29N3/c1-20(16-9-3-2-4-10-16)13-7-12-19-17-11-6-5-8-15(17)14-18/h2-4,9-10,15,17,19H,5-8,11-14,18H2,1H3. The topological polar surface area (TPSA) is 41.3 Å². The Bertz CT molecular complexity index is 366. The van der Waals surface area contributed by atoms with Crippen molar-refractivity contribution in [2.45, 2.75) is 38.1 Å². The van der Waals surface area contributed by atoms with E-state index in [0.717, 1.165) is 19.6 Å². The van der Waals surface area contributed by atoms with Crippen molar-refractivity contribution in [2.75, 3.05) is 31.6 Å². The number of rotatable bonds is 7. The van der Waals surface area contributed by atoms with E-state index in [1.807, 2.05) is 0 Å². The van der Waals surface area contributed by atoms with Gasteiger partial charge < -0.3 is 16.0 Å². The molecule has 2 unspecified atom stereocenters.